The van der Waals surface area contributed by atoms with Gasteiger partial charge in [0, 0.05) is 28.3 Å². The lowest BCUT2D eigenvalue weighted by Crippen LogP contribution is -1.99. The molecule has 9 heteroatoms. The van der Waals surface area contributed by atoms with E-state index in [1.165, 1.54) is 11.3 Å². The summed E-state index contributed by atoms with van der Waals surface area (Å²) in [6, 6.07) is 27.9. The van der Waals surface area contributed by atoms with E-state index in [0.29, 0.717) is 5.13 Å². The number of hydrogen-bond donors (Lipinski definition) is 1. The van der Waals surface area contributed by atoms with Gasteiger partial charge in [-0.2, -0.15) is 15.3 Å². The van der Waals surface area contributed by atoms with E-state index in [2.05, 4.69) is 20.6 Å². The SMILES string of the molecule is COc1ccc(-c2csc(N/N=C/c3cn(-c4ccccc4)nc3-c3cnn(-c4ccccc4)c3C)n2)cc1. The zero-order valence-electron chi connectivity index (χ0n) is 21.4. The van der Waals surface area contributed by atoms with Crippen LogP contribution in [0.5, 0.6) is 5.75 Å². The van der Waals surface area contributed by atoms with Crippen LogP contribution in [0.25, 0.3) is 33.9 Å². The Balaban J connectivity index is 1.30. The molecule has 0 atom stereocenters. The molecular formula is C30H25N7OS. The Labute approximate surface area is 229 Å². The molecule has 0 radical (unpaired) electrons. The van der Waals surface area contributed by atoms with Gasteiger partial charge in [0.2, 0.25) is 5.13 Å². The highest BCUT2D eigenvalue weighted by atomic mass is 32.1. The predicted molar refractivity (Wildman–Crippen MR) is 156 cm³/mol. The van der Waals surface area contributed by atoms with Crippen molar-refractivity contribution in [3.63, 3.8) is 0 Å². The van der Waals surface area contributed by atoms with Gasteiger partial charge in [0.05, 0.1) is 42.3 Å². The van der Waals surface area contributed by atoms with Crippen molar-refractivity contribution in [1.82, 2.24) is 24.5 Å². The van der Waals surface area contributed by atoms with Gasteiger partial charge in [0.25, 0.3) is 0 Å². The molecule has 0 aliphatic heterocycles. The van der Waals surface area contributed by atoms with E-state index in [1.54, 1.807) is 13.3 Å². The van der Waals surface area contributed by atoms with Gasteiger partial charge in [0.1, 0.15) is 11.4 Å². The minimum Gasteiger partial charge on any atom is -0.497 e. The Morgan fingerprint density at radius 2 is 1.64 bits per heavy atom. The number of anilines is 1. The van der Waals surface area contributed by atoms with E-state index in [9.17, 15) is 0 Å². The fraction of sp³-hybridized carbons (Fsp3) is 0.0667. The number of ether oxygens (including phenoxy) is 1. The first kappa shape index (κ1) is 24.3. The molecule has 192 valence electrons. The van der Waals surface area contributed by atoms with Crippen LogP contribution in [0.3, 0.4) is 0 Å². The van der Waals surface area contributed by atoms with Crippen LogP contribution < -0.4 is 10.2 Å². The van der Waals surface area contributed by atoms with Crippen LogP contribution in [0.2, 0.25) is 0 Å². The molecule has 0 spiro atoms. The van der Waals surface area contributed by atoms with Gasteiger partial charge < -0.3 is 4.74 Å². The van der Waals surface area contributed by atoms with Crippen molar-refractivity contribution >= 4 is 22.7 Å². The Kier molecular flexibility index (Phi) is 6.71. The molecule has 0 aliphatic carbocycles. The molecule has 0 aliphatic rings. The topological polar surface area (TPSA) is 82.1 Å². The second-order valence-corrected chi connectivity index (χ2v) is 9.60. The molecule has 6 aromatic rings. The molecule has 6 rings (SSSR count). The highest BCUT2D eigenvalue weighted by Crippen LogP contribution is 2.28. The van der Waals surface area contributed by atoms with Gasteiger partial charge in [0.15, 0.2) is 0 Å². The zero-order valence-corrected chi connectivity index (χ0v) is 22.2. The molecule has 0 saturated heterocycles. The summed E-state index contributed by atoms with van der Waals surface area (Å²) in [6.07, 6.45) is 5.60. The first-order valence-electron chi connectivity index (χ1n) is 12.3. The predicted octanol–water partition coefficient (Wildman–Crippen LogP) is 6.61. The van der Waals surface area contributed by atoms with Crippen molar-refractivity contribution in [3.8, 4) is 39.6 Å². The fourth-order valence-corrected chi connectivity index (χ4v) is 4.92. The molecule has 0 saturated carbocycles. The van der Waals surface area contributed by atoms with Crippen LogP contribution in [0.1, 0.15) is 11.3 Å². The molecule has 8 nitrogen and oxygen atoms in total. The number of rotatable bonds is 8. The zero-order chi connectivity index (χ0) is 26.6. The Hall–Kier alpha value is -5.02. The quantitative estimate of drug-likeness (QED) is 0.177. The van der Waals surface area contributed by atoms with Crippen LogP contribution in [-0.4, -0.2) is 37.9 Å². The molecule has 0 unspecified atom stereocenters. The number of methoxy groups -OCH3 is 1. The number of benzene rings is 3. The number of nitrogens with zero attached hydrogens (tertiary/aromatic N) is 6. The highest BCUT2D eigenvalue weighted by molar-refractivity contribution is 7.14. The van der Waals surface area contributed by atoms with Crippen molar-refractivity contribution in [2.75, 3.05) is 12.5 Å². The average molecular weight is 532 g/mol. The van der Waals surface area contributed by atoms with E-state index in [0.717, 1.165) is 50.9 Å². The number of aromatic nitrogens is 5. The summed E-state index contributed by atoms with van der Waals surface area (Å²) in [7, 11) is 1.66. The monoisotopic (exact) mass is 531 g/mol. The summed E-state index contributed by atoms with van der Waals surface area (Å²) in [6.45, 7) is 2.05. The summed E-state index contributed by atoms with van der Waals surface area (Å²) in [5.41, 5.74) is 10.5. The number of hydrazone groups is 1. The van der Waals surface area contributed by atoms with Crippen molar-refractivity contribution in [2.45, 2.75) is 6.92 Å². The fourth-order valence-electron chi connectivity index (χ4n) is 4.25. The van der Waals surface area contributed by atoms with E-state index in [1.807, 2.05) is 119 Å². The molecule has 39 heavy (non-hydrogen) atoms. The third-order valence-corrected chi connectivity index (χ3v) is 7.03. The second-order valence-electron chi connectivity index (χ2n) is 8.74. The van der Waals surface area contributed by atoms with E-state index in [-0.39, 0.29) is 0 Å². The lowest BCUT2D eigenvalue weighted by molar-refractivity contribution is 0.415. The standard InChI is InChI=1S/C30H25N7OS/c1-21-27(18-32-37(21)25-11-7-4-8-12-25)29-23(19-36(35-29)24-9-5-3-6-10-24)17-31-34-30-33-28(20-39-30)22-13-15-26(38-2)16-14-22/h3-20H,1-2H3,(H,33,34)/b31-17+. The number of nitrogens with one attached hydrogen (secondary N) is 1. The Bertz CT molecular complexity index is 1720. The van der Waals surface area contributed by atoms with Crippen LogP contribution in [0, 0.1) is 6.92 Å². The molecule has 3 heterocycles. The maximum atomic E-state index is 5.25. The normalized spacial score (nSPS) is 11.2. The first-order valence-corrected chi connectivity index (χ1v) is 13.2. The molecular weight excluding hydrogens is 506 g/mol. The summed E-state index contributed by atoms with van der Waals surface area (Å²) < 4.78 is 9.03. The third kappa shape index (κ3) is 5.07. The molecule has 1 N–H and O–H groups in total. The van der Waals surface area contributed by atoms with Gasteiger partial charge in [-0.3, -0.25) is 5.43 Å². The first-order chi connectivity index (χ1) is 19.2. The molecule has 0 amide bonds. The summed E-state index contributed by atoms with van der Waals surface area (Å²) in [5.74, 6) is 0.813. The minimum absolute atomic E-state index is 0.696. The van der Waals surface area contributed by atoms with E-state index in [4.69, 9.17) is 9.84 Å². The summed E-state index contributed by atoms with van der Waals surface area (Å²) >= 11 is 1.49. The van der Waals surface area contributed by atoms with E-state index < -0.39 is 0 Å². The second kappa shape index (κ2) is 10.8. The summed E-state index contributed by atoms with van der Waals surface area (Å²) in [4.78, 5) is 4.67. The molecule has 0 bridgehead atoms. The Morgan fingerprint density at radius 1 is 0.923 bits per heavy atom. The maximum absolute atomic E-state index is 5.25. The number of para-hydroxylation sites is 2. The molecule has 3 aromatic carbocycles. The average Bonchev–Trinajstić information content (AvgIpc) is 3.73. The lowest BCUT2D eigenvalue weighted by atomic mass is 10.1. The largest absolute Gasteiger partial charge is 0.497 e. The van der Waals surface area contributed by atoms with Crippen molar-refractivity contribution in [3.05, 3.63) is 114 Å². The lowest BCUT2D eigenvalue weighted by Gasteiger charge is -2.05. The smallest absolute Gasteiger partial charge is 0.203 e. The maximum Gasteiger partial charge on any atom is 0.203 e. The van der Waals surface area contributed by atoms with Gasteiger partial charge >= 0.3 is 0 Å². The number of hydrogen-bond acceptors (Lipinski definition) is 7. The van der Waals surface area contributed by atoms with Crippen molar-refractivity contribution < 1.29 is 4.74 Å². The van der Waals surface area contributed by atoms with Gasteiger partial charge in [-0.25, -0.2) is 14.3 Å². The van der Waals surface area contributed by atoms with Crippen LogP contribution >= 0.6 is 11.3 Å². The molecule has 3 aromatic heterocycles. The van der Waals surface area contributed by atoms with E-state index >= 15 is 0 Å². The van der Waals surface area contributed by atoms with Crippen LogP contribution in [0.4, 0.5) is 5.13 Å². The number of thiazole rings is 1. The highest BCUT2D eigenvalue weighted by Gasteiger charge is 2.17. The van der Waals surface area contributed by atoms with Gasteiger partial charge in [-0.15, -0.1) is 11.3 Å². The Morgan fingerprint density at radius 3 is 2.36 bits per heavy atom. The van der Waals surface area contributed by atoms with Crippen LogP contribution in [0.15, 0.2) is 108 Å². The van der Waals surface area contributed by atoms with Gasteiger partial charge in [-0.1, -0.05) is 36.4 Å². The van der Waals surface area contributed by atoms with Crippen molar-refractivity contribution in [1.29, 1.82) is 0 Å². The van der Waals surface area contributed by atoms with Crippen LogP contribution in [-0.2, 0) is 0 Å². The van der Waals surface area contributed by atoms with Gasteiger partial charge in [-0.05, 0) is 55.5 Å². The minimum atomic E-state index is 0.696. The molecule has 0 fully saturated rings. The summed E-state index contributed by atoms with van der Waals surface area (Å²) in [5, 5.41) is 16.8. The van der Waals surface area contributed by atoms with Crippen molar-refractivity contribution in [2.24, 2.45) is 5.10 Å². The third-order valence-electron chi connectivity index (χ3n) is 6.28.